The fraction of sp³-hybridized carbons (Fsp3) is 1.00. The zero-order valence-electron chi connectivity index (χ0n) is 7.48. The van der Waals surface area contributed by atoms with E-state index in [2.05, 4.69) is 45.7 Å². The van der Waals surface area contributed by atoms with Crippen molar-refractivity contribution in [2.75, 3.05) is 0 Å². The third kappa shape index (κ3) is 0.796. The van der Waals surface area contributed by atoms with Crippen molar-refractivity contribution in [3.63, 3.8) is 0 Å². The summed E-state index contributed by atoms with van der Waals surface area (Å²) in [6.45, 7) is 4.88. The monoisotopic (exact) mass is 292 g/mol. The van der Waals surface area contributed by atoms with E-state index in [1.165, 1.54) is 12.8 Å². The van der Waals surface area contributed by atoms with E-state index in [-0.39, 0.29) is 0 Å². The van der Waals surface area contributed by atoms with Gasteiger partial charge in [-0.25, -0.2) is 0 Å². The minimum absolute atomic E-state index is 0.351. The average Bonchev–Trinajstić information content (AvgIpc) is 2.72. The maximum absolute atomic E-state index is 3.78. The summed E-state index contributed by atoms with van der Waals surface area (Å²) in [6, 6.07) is 0. The van der Waals surface area contributed by atoms with Gasteiger partial charge in [0.1, 0.15) is 0 Å². The smallest absolute Gasteiger partial charge is 0.0721 e. The van der Waals surface area contributed by atoms with Gasteiger partial charge in [0.15, 0.2) is 0 Å². The Morgan fingerprint density at radius 3 is 1.75 bits per heavy atom. The first-order valence-electron chi connectivity index (χ1n) is 4.83. The van der Waals surface area contributed by atoms with Gasteiger partial charge in [-0.2, -0.15) is 0 Å². The van der Waals surface area contributed by atoms with E-state index in [0.717, 1.165) is 23.7 Å². The predicted molar refractivity (Wildman–Crippen MR) is 57.6 cm³/mol. The molecule has 0 nitrogen and oxygen atoms in total. The first-order valence-corrected chi connectivity index (χ1v) is 6.42. The van der Waals surface area contributed by atoms with Crippen molar-refractivity contribution in [3.05, 3.63) is 0 Å². The van der Waals surface area contributed by atoms with E-state index >= 15 is 0 Å². The topological polar surface area (TPSA) is 0 Å². The van der Waals surface area contributed by atoms with Crippen LogP contribution in [0.15, 0.2) is 0 Å². The van der Waals surface area contributed by atoms with Crippen molar-refractivity contribution in [1.29, 1.82) is 0 Å². The molecule has 4 atom stereocenters. The van der Waals surface area contributed by atoms with Gasteiger partial charge >= 0.3 is 0 Å². The fourth-order valence-electron chi connectivity index (χ4n) is 3.44. The lowest BCUT2D eigenvalue weighted by molar-refractivity contribution is 0.457. The Labute approximate surface area is 90.7 Å². The highest BCUT2D eigenvalue weighted by Crippen LogP contribution is 2.78. The molecule has 3 fully saturated rings. The van der Waals surface area contributed by atoms with Crippen molar-refractivity contribution in [2.24, 2.45) is 29.1 Å². The molecule has 0 heterocycles. The van der Waals surface area contributed by atoms with Crippen molar-refractivity contribution < 1.29 is 0 Å². The van der Waals surface area contributed by atoms with Gasteiger partial charge in [-0.1, -0.05) is 45.7 Å². The second kappa shape index (κ2) is 1.98. The van der Waals surface area contributed by atoms with Crippen LogP contribution in [0.3, 0.4) is 0 Å². The van der Waals surface area contributed by atoms with Crippen LogP contribution in [0.2, 0.25) is 0 Å². The highest BCUT2D eigenvalue weighted by molar-refractivity contribution is 9.25. The molecular formula is C10H14Br2. The molecule has 3 rings (SSSR count). The molecule has 0 radical (unpaired) electrons. The molecule has 0 aromatic rings. The lowest BCUT2D eigenvalue weighted by atomic mass is 10.0. The normalized spacial score (nSPS) is 57.0. The predicted octanol–water partition coefficient (Wildman–Crippen LogP) is 3.78. The Balaban J connectivity index is 1.80. The van der Waals surface area contributed by atoms with Gasteiger partial charge < -0.3 is 0 Å². The zero-order valence-corrected chi connectivity index (χ0v) is 10.7. The molecule has 0 bridgehead atoms. The van der Waals surface area contributed by atoms with E-state index in [4.69, 9.17) is 0 Å². The molecule has 68 valence electrons. The van der Waals surface area contributed by atoms with Crippen LogP contribution in [-0.2, 0) is 0 Å². The molecule has 0 amide bonds. The number of alkyl halides is 2. The van der Waals surface area contributed by atoms with Crippen molar-refractivity contribution >= 4 is 31.9 Å². The molecule has 0 aliphatic heterocycles. The number of hydrogen-bond acceptors (Lipinski definition) is 0. The third-order valence-corrected chi connectivity index (χ3v) is 7.02. The van der Waals surface area contributed by atoms with Crippen molar-refractivity contribution in [3.8, 4) is 0 Å². The first-order chi connectivity index (χ1) is 5.45. The summed E-state index contributed by atoms with van der Waals surface area (Å²) in [5.74, 6) is 3.94. The van der Waals surface area contributed by atoms with Gasteiger partial charge in [0.2, 0.25) is 0 Å². The summed E-state index contributed by atoms with van der Waals surface area (Å²) in [4.78, 5) is 0. The maximum atomic E-state index is 3.78. The third-order valence-electron chi connectivity index (χ3n) is 4.67. The van der Waals surface area contributed by atoms with E-state index in [0.29, 0.717) is 8.65 Å². The molecular weight excluding hydrogens is 280 g/mol. The molecule has 12 heavy (non-hydrogen) atoms. The van der Waals surface area contributed by atoms with Crippen LogP contribution in [0.4, 0.5) is 0 Å². The van der Waals surface area contributed by atoms with E-state index in [1.807, 2.05) is 0 Å². The first kappa shape index (κ1) is 8.28. The average molecular weight is 294 g/mol. The van der Waals surface area contributed by atoms with Gasteiger partial charge in [0, 0.05) is 0 Å². The summed E-state index contributed by atoms with van der Waals surface area (Å²) in [7, 11) is 0. The number of hydrogen-bond donors (Lipinski definition) is 0. The van der Waals surface area contributed by atoms with Gasteiger partial charge in [0.05, 0.1) is 3.23 Å². The quantitative estimate of drug-likeness (QED) is 0.596. The van der Waals surface area contributed by atoms with Crippen LogP contribution in [0.25, 0.3) is 0 Å². The zero-order chi connectivity index (χ0) is 8.72. The maximum Gasteiger partial charge on any atom is 0.0868 e. The SMILES string of the molecule is CC1(C)[C@@H]2C[C@@H]3[C@@H](C[C@@H]21)C3(Br)Br. The van der Waals surface area contributed by atoms with E-state index < -0.39 is 0 Å². The minimum atomic E-state index is 0.351. The lowest BCUT2D eigenvalue weighted by Crippen LogP contribution is -1.95. The standard InChI is InChI=1S/C10H14Br2/c1-9(2)5-3-7-8(4-6(5)9)10(7,11)12/h5-8H,3-4H2,1-2H3/t5-,6+,7-,8-/m1/s1. The highest BCUT2D eigenvalue weighted by atomic mass is 79.9. The molecule has 0 unspecified atom stereocenters. The second-order valence-corrected chi connectivity index (χ2v) is 9.08. The van der Waals surface area contributed by atoms with E-state index in [1.54, 1.807) is 0 Å². The molecule has 0 N–H and O–H groups in total. The molecule has 0 aromatic carbocycles. The van der Waals surface area contributed by atoms with Gasteiger partial charge in [0.25, 0.3) is 0 Å². The molecule has 3 aliphatic rings. The summed E-state index contributed by atoms with van der Waals surface area (Å²) >= 11 is 7.56. The fourth-order valence-corrected chi connectivity index (χ4v) is 5.20. The Bertz CT molecular complexity index is 198. The lowest BCUT2D eigenvalue weighted by Gasteiger charge is -2.03. The Kier molecular flexibility index (Phi) is 1.36. The Hall–Kier alpha value is 0.960. The van der Waals surface area contributed by atoms with Crippen LogP contribution in [0, 0.1) is 29.1 Å². The number of fused-ring (bicyclic) bond motifs is 2. The second-order valence-electron chi connectivity index (χ2n) is 5.39. The van der Waals surface area contributed by atoms with Crippen LogP contribution in [0.5, 0.6) is 0 Å². The molecule has 2 heteroatoms. The van der Waals surface area contributed by atoms with Crippen LogP contribution in [0.1, 0.15) is 26.7 Å². The molecule has 0 aromatic heterocycles. The summed E-state index contributed by atoms with van der Waals surface area (Å²) in [6.07, 6.45) is 2.91. The molecule has 3 saturated carbocycles. The van der Waals surface area contributed by atoms with Gasteiger partial charge in [-0.3, -0.25) is 0 Å². The van der Waals surface area contributed by atoms with Crippen LogP contribution >= 0.6 is 31.9 Å². The Morgan fingerprint density at radius 2 is 1.33 bits per heavy atom. The minimum Gasteiger partial charge on any atom is -0.0721 e. The van der Waals surface area contributed by atoms with Crippen molar-refractivity contribution in [2.45, 2.75) is 29.9 Å². The summed E-state index contributed by atoms with van der Waals surface area (Å²) in [5, 5.41) is 0. The number of rotatable bonds is 0. The Morgan fingerprint density at radius 1 is 0.917 bits per heavy atom. The highest BCUT2D eigenvalue weighted by Gasteiger charge is 2.73. The number of halogens is 2. The van der Waals surface area contributed by atoms with Crippen LogP contribution < -0.4 is 0 Å². The summed E-state index contributed by atoms with van der Waals surface area (Å²) in [5.41, 5.74) is 0.684. The molecule has 0 saturated heterocycles. The van der Waals surface area contributed by atoms with Gasteiger partial charge in [-0.05, 0) is 41.9 Å². The van der Waals surface area contributed by atoms with Crippen LogP contribution in [-0.4, -0.2) is 3.23 Å². The molecule has 3 aliphatic carbocycles. The largest absolute Gasteiger partial charge is 0.0868 e. The molecule has 0 spiro atoms. The van der Waals surface area contributed by atoms with Crippen molar-refractivity contribution in [1.82, 2.24) is 0 Å². The summed E-state index contributed by atoms with van der Waals surface area (Å²) < 4.78 is 0.351. The van der Waals surface area contributed by atoms with Gasteiger partial charge in [-0.15, -0.1) is 0 Å². The van der Waals surface area contributed by atoms with E-state index in [9.17, 15) is 0 Å².